The molecule has 1 rings (SSSR count). The van der Waals surface area contributed by atoms with E-state index in [0.717, 1.165) is 6.42 Å². The number of hydrogen-bond acceptors (Lipinski definition) is 1. The highest BCUT2D eigenvalue weighted by atomic mass is 16.1. The summed E-state index contributed by atoms with van der Waals surface area (Å²) in [6, 6.07) is 0. The average molecular weight is 320 g/mol. The predicted molar refractivity (Wildman–Crippen MR) is 98.8 cm³/mol. The number of quaternary nitrogens is 1. The van der Waals surface area contributed by atoms with Gasteiger partial charge in [0.25, 0.3) is 0 Å². The monoisotopic (exact) mass is 319 g/mol. The normalized spacial score (nSPS) is 26.6. The third-order valence-electron chi connectivity index (χ3n) is 5.16. The fourth-order valence-electron chi connectivity index (χ4n) is 3.36. The molecule has 2 nitrogen and oxygen atoms in total. The Hall–Kier alpha value is -0.890. The second-order valence-corrected chi connectivity index (χ2v) is 8.19. The molecule has 2 N–H and O–H groups in total. The summed E-state index contributed by atoms with van der Waals surface area (Å²) in [7, 11) is 3.95. The number of rotatable bonds is 9. The summed E-state index contributed by atoms with van der Waals surface area (Å²) in [6.45, 7) is 10.9. The van der Waals surface area contributed by atoms with Gasteiger partial charge in [-0.2, -0.15) is 7.05 Å². The highest BCUT2D eigenvalue weighted by molar-refractivity contribution is 5.80. The molecule has 23 heavy (non-hydrogen) atoms. The first-order valence-corrected chi connectivity index (χ1v) is 9.26. The summed E-state index contributed by atoms with van der Waals surface area (Å²) < 4.78 is 0. The number of allylic oxidation sites excluding steroid dienone is 3. The van der Waals surface area contributed by atoms with E-state index in [1.54, 1.807) is 0 Å². The van der Waals surface area contributed by atoms with E-state index < -0.39 is 0 Å². The van der Waals surface area contributed by atoms with Crippen LogP contribution in [0.15, 0.2) is 23.8 Å². The first-order valence-electron chi connectivity index (χ1n) is 9.26. The minimum Gasteiger partial charge on any atom is -0.471 e. The SMILES string of the molecule is [CH2-][NH2+][C@@]1(C)C=C[C@H]([C@H](C)CC/C=C(\C)CC(=O)CC(C)C)CC1. The molecule has 0 saturated carbocycles. The molecule has 2 heteroatoms. The average Bonchev–Trinajstić information content (AvgIpc) is 2.46. The quantitative estimate of drug-likeness (QED) is 0.495. The lowest BCUT2D eigenvalue weighted by Gasteiger charge is -2.34. The van der Waals surface area contributed by atoms with Gasteiger partial charge in [-0.3, -0.25) is 4.79 Å². The zero-order valence-electron chi connectivity index (χ0n) is 15.9. The van der Waals surface area contributed by atoms with Gasteiger partial charge in [0.15, 0.2) is 0 Å². The Kier molecular flexibility index (Phi) is 8.25. The number of carbonyl (C=O) groups is 1. The van der Waals surface area contributed by atoms with E-state index in [1.807, 2.05) is 0 Å². The summed E-state index contributed by atoms with van der Waals surface area (Å²) in [5.74, 6) is 2.24. The minimum atomic E-state index is 0.198. The molecule has 0 amide bonds. The molecule has 0 spiro atoms. The standard InChI is InChI=1S/C21H37NO/c1-16(2)14-20(23)15-17(3)8-7-9-18(4)19-10-12-21(5,22-6)13-11-19/h8,10,12,16,18-19H,6-7,9,11,13-15,22H2,1-5H3/b17-8+/t18-,19+,21+/m1/s1. The van der Waals surface area contributed by atoms with Gasteiger partial charge in [-0.25, -0.2) is 0 Å². The van der Waals surface area contributed by atoms with Gasteiger partial charge in [0.2, 0.25) is 0 Å². The van der Waals surface area contributed by atoms with Crippen LogP contribution in [0.3, 0.4) is 0 Å². The van der Waals surface area contributed by atoms with E-state index in [-0.39, 0.29) is 5.54 Å². The molecular weight excluding hydrogens is 282 g/mol. The van der Waals surface area contributed by atoms with Crippen LogP contribution >= 0.6 is 0 Å². The lowest BCUT2D eigenvalue weighted by Crippen LogP contribution is -2.90. The minimum absolute atomic E-state index is 0.198. The second-order valence-electron chi connectivity index (χ2n) is 8.19. The summed E-state index contributed by atoms with van der Waals surface area (Å²) in [4.78, 5) is 11.8. The molecule has 0 unspecified atom stereocenters. The van der Waals surface area contributed by atoms with Crippen LogP contribution in [0.1, 0.15) is 73.1 Å². The van der Waals surface area contributed by atoms with Crippen LogP contribution in [0.5, 0.6) is 0 Å². The van der Waals surface area contributed by atoms with Gasteiger partial charge in [-0.1, -0.05) is 38.5 Å². The van der Waals surface area contributed by atoms with Crippen LogP contribution in [-0.4, -0.2) is 11.3 Å². The molecule has 0 aliphatic heterocycles. The summed E-state index contributed by atoms with van der Waals surface area (Å²) in [6.07, 6.45) is 13.1. The van der Waals surface area contributed by atoms with Crippen molar-refractivity contribution in [2.45, 2.75) is 78.7 Å². The van der Waals surface area contributed by atoms with Crippen LogP contribution in [0, 0.1) is 24.8 Å². The fourth-order valence-corrected chi connectivity index (χ4v) is 3.36. The smallest absolute Gasteiger partial charge is 0.137 e. The summed E-state index contributed by atoms with van der Waals surface area (Å²) >= 11 is 0. The van der Waals surface area contributed by atoms with Crippen molar-refractivity contribution in [2.24, 2.45) is 17.8 Å². The van der Waals surface area contributed by atoms with Crippen molar-refractivity contribution < 1.29 is 10.1 Å². The zero-order chi connectivity index (χ0) is 17.5. The van der Waals surface area contributed by atoms with Crippen molar-refractivity contribution in [1.82, 2.24) is 0 Å². The molecule has 0 aromatic carbocycles. The largest absolute Gasteiger partial charge is 0.471 e. The number of hydrogen-bond donors (Lipinski definition) is 1. The van der Waals surface area contributed by atoms with E-state index in [9.17, 15) is 4.79 Å². The first-order chi connectivity index (χ1) is 10.8. The molecule has 132 valence electrons. The van der Waals surface area contributed by atoms with Crippen molar-refractivity contribution in [3.63, 3.8) is 0 Å². The van der Waals surface area contributed by atoms with Crippen molar-refractivity contribution in [3.05, 3.63) is 30.8 Å². The number of carbonyl (C=O) groups excluding carboxylic acids is 1. The maximum atomic E-state index is 11.8. The molecular formula is C21H37NO. The third kappa shape index (κ3) is 7.48. The van der Waals surface area contributed by atoms with Gasteiger partial charge < -0.3 is 5.32 Å². The molecule has 0 saturated heterocycles. The van der Waals surface area contributed by atoms with Crippen molar-refractivity contribution in [2.75, 3.05) is 0 Å². The van der Waals surface area contributed by atoms with Gasteiger partial charge in [-0.15, -0.1) is 0 Å². The number of nitrogens with two attached hydrogens (primary N) is 1. The topological polar surface area (TPSA) is 33.7 Å². The fraction of sp³-hybridized carbons (Fsp3) is 0.714. The van der Waals surface area contributed by atoms with Gasteiger partial charge in [0.05, 0.1) is 5.54 Å². The van der Waals surface area contributed by atoms with Gasteiger partial charge in [0.1, 0.15) is 5.78 Å². The van der Waals surface area contributed by atoms with Crippen LogP contribution in [-0.2, 0) is 4.79 Å². The highest BCUT2D eigenvalue weighted by Crippen LogP contribution is 2.30. The van der Waals surface area contributed by atoms with E-state index in [1.165, 1.54) is 24.8 Å². The van der Waals surface area contributed by atoms with E-state index >= 15 is 0 Å². The molecule has 1 aliphatic carbocycles. The second kappa shape index (κ2) is 9.42. The molecule has 0 heterocycles. The van der Waals surface area contributed by atoms with E-state index in [4.69, 9.17) is 0 Å². The Labute approximate surface area is 143 Å². The predicted octanol–water partition coefficient (Wildman–Crippen LogP) is 4.43. The van der Waals surface area contributed by atoms with Gasteiger partial charge >= 0.3 is 0 Å². The maximum absolute atomic E-state index is 11.8. The van der Waals surface area contributed by atoms with Gasteiger partial charge in [-0.05, 0) is 56.9 Å². The van der Waals surface area contributed by atoms with E-state index in [0.29, 0.717) is 36.4 Å². The lowest BCUT2D eigenvalue weighted by molar-refractivity contribution is -0.661. The third-order valence-corrected chi connectivity index (χ3v) is 5.16. The van der Waals surface area contributed by atoms with Gasteiger partial charge in [0, 0.05) is 19.3 Å². The molecule has 0 aromatic rings. The zero-order valence-corrected chi connectivity index (χ0v) is 15.9. The van der Waals surface area contributed by atoms with E-state index in [2.05, 4.69) is 65.2 Å². The highest BCUT2D eigenvalue weighted by Gasteiger charge is 2.28. The summed E-state index contributed by atoms with van der Waals surface area (Å²) in [5.41, 5.74) is 1.44. The Bertz CT molecular complexity index is 435. The van der Waals surface area contributed by atoms with Crippen molar-refractivity contribution in [1.29, 1.82) is 0 Å². The lowest BCUT2D eigenvalue weighted by atomic mass is 9.77. The Morgan fingerprint density at radius 1 is 1.43 bits per heavy atom. The van der Waals surface area contributed by atoms with Crippen LogP contribution in [0.4, 0.5) is 0 Å². The molecule has 0 fully saturated rings. The Morgan fingerprint density at radius 2 is 2.13 bits per heavy atom. The first kappa shape index (κ1) is 20.2. The number of Topliss-reactive ketones (excluding diaryl/α,β-unsaturated/α-hetero) is 1. The molecule has 0 radical (unpaired) electrons. The molecule has 3 atom stereocenters. The van der Waals surface area contributed by atoms with Crippen LogP contribution < -0.4 is 5.32 Å². The van der Waals surface area contributed by atoms with Crippen molar-refractivity contribution >= 4 is 5.78 Å². The Morgan fingerprint density at radius 3 is 2.65 bits per heavy atom. The Balaban J connectivity index is 2.36. The van der Waals surface area contributed by atoms with Crippen LogP contribution in [0.25, 0.3) is 0 Å². The van der Waals surface area contributed by atoms with Crippen LogP contribution in [0.2, 0.25) is 0 Å². The molecule has 1 aliphatic rings. The summed E-state index contributed by atoms with van der Waals surface area (Å²) in [5, 5.41) is 2.07. The van der Waals surface area contributed by atoms with Crippen molar-refractivity contribution in [3.8, 4) is 0 Å². The molecule has 0 aromatic heterocycles. The maximum Gasteiger partial charge on any atom is 0.137 e. The number of ketones is 1. The molecule has 0 bridgehead atoms.